The number of likely N-dealkylation sites (N-methyl/N-ethyl adjacent to an activating group) is 1. The van der Waals surface area contributed by atoms with E-state index < -0.39 is 0 Å². The van der Waals surface area contributed by atoms with Gasteiger partial charge in [0.15, 0.2) is 0 Å². The molecular formula is C14H19NO. The smallest absolute Gasteiger partial charge is 0.0719 e. The van der Waals surface area contributed by atoms with E-state index in [-0.39, 0.29) is 0 Å². The molecule has 1 aliphatic heterocycles. The molecule has 0 atom stereocenters. The van der Waals surface area contributed by atoms with Gasteiger partial charge in [-0.25, -0.2) is 0 Å². The van der Waals surface area contributed by atoms with Crippen LogP contribution < -0.4 is 5.32 Å². The van der Waals surface area contributed by atoms with Crippen molar-refractivity contribution in [1.29, 1.82) is 0 Å². The lowest BCUT2D eigenvalue weighted by Crippen LogP contribution is -2.29. The molecule has 0 bridgehead atoms. The summed E-state index contributed by atoms with van der Waals surface area (Å²) in [6, 6.07) is 6.90. The topological polar surface area (TPSA) is 21.3 Å². The van der Waals surface area contributed by atoms with Crippen LogP contribution in [0, 0.1) is 0 Å². The third-order valence-corrected chi connectivity index (χ3v) is 3.97. The Morgan fingerprint density at radius 1 is 1.31 bits per heavy atom. The Hall–Kier alpha value is -0.860. The van der Waals surface area contributed by atoms with Crippen molar-refractivity contribution < 1.29 is 4.74 Å². The van der Waals surface area contributed by atoms with Crippen LogP contribution in [0.4, 0.5) is 0 Å². The standard InChI is InChI=1S/C14H19NO/c1-15-14(5-6-14)9-11-2-3-13-10-16-7-4-12(13)8-11/h2-3,8,15H,4-7,9-10H2,1H3. The molecule has 1 N–H and O–H groups in total. The van der Waals surface area contributed by atoms with Crippen LogP contribution >= 0.6 is 0 Å². The Balaban J connectivity index is 1.80. The minimum absolute atomic E-state index is 0.416. The second-order valence-electron chi connectivity index (χ2n) is 5.11. The second kappa shape index (κ2) is 3.86. The third-order valence-electron chi connectivity index (χ3n) is 3.97. The van der Waals surface area contributed by atoms with Crippen LogP contribution in [-0.4, -0.2) is 19.2 Å². The highest BCUT2D eigenvalue weighted by atomic mass is 16.5. The fraction of sp³-hybridized carbons (Fsp3) is 0.571. The molecule has 86 valence electrons. The zero-order valence-electron chi connectivity index (χ0n) is 9.88. The summed E-state index contributed by atoms with van der Waals surface area (Å²) in [5.74, 6) is 0. The molecule has 0 radical (unpaired) electrons. The first-order valence-electron chi connectivity index (χ1n) is 6.19. The Morgan fingerprint density at radius 2 is 2.19 bits per heavy atom. The third kappa shape index (κ3) is 1.87. The van der Waals surface area contributed by atoms with Gasteiger partial charge in [-0.3, -0.25) is 0 Å². The highest BCUT2D eigenvalue weighted by Crippen LogP contribution is 2.38. The van der Waals surface area contributed by atoms with Crippen LogP contribution in [0.15, 0.2) is 18.2 Å². The zero-order chi connectivity index (χ0) is 11.0. The molecule has 1 aromatic rings. The van der Waals surface area contributed by atoms with Crippen molar-refractivity contribution in [2.24, 2.45) is 0 Å². The first-order chi connectivity index (χ1) is 7.81. The van der Waals surface area contributed by atoms with E-state index in [4.69, 9.17) is 4.74 Å². The summed E-state index contributed by atoms with van der Waals surface area (Å²) in [4.78, 5) is 0. The van der Waals surface area contributed by atoms with E-state index in [1.165, 1.54) is 36.0 Å². The summed E-state index contributed by atoms with van der Waals surface area (Å²) < 4.78 is 5.46. The highest BCUT2D eigenvalue weighted by molar-refractivity contribution is 5.34. The van der Waals surface area contributed by atoms with Crippen molar-refractivity contribution in [3.05, 3.63) is 34.9 Å². The van der Waals surface area contributed by atoms with E-state index in [0.29, 0.717) is 5.54 Å². The fourth-order valence-electron chi connectivity index (χ4n) is 2.58. The summed E-state index contributed by atoms with van der Waals surface area (Å²) >= 11 is 0. The quantitative estimate of drug-likeness (QED) is 0.836. The number of rotatable bonds is 3. The number of fused-ring (bicyclic) bond motifs is 1. The molecule has 0 spiro atoms. The Bertz CT molecular complexity index is 396. The van der Waals surface area contributed by atoms with Gasteiger partial charge in [0.1, 0.15) is 0 Å². The molecule has 0 unspecified atom stereocenters. The van der Waals surface area contributed by atoms with Crippen LogP contribution in [0.3, 0.4) is 0 Å². The van der Waals surface area contributed by atoms with Gasteiger partial charge in [0.25, 0.3) is 0 Å². The van der Waals surface area contributed by atoms with Crippen LogP contribution in [0.1, 0.15) is 29.5 Å². The fourth-order valence-corrected chi connectivity index (χ4v) is 2.58. The van der Waals surface area contributed by atoms with Crippen molar-refractivity contribution in [3.63, 3.8) is 0 Å². The van der Waals surface area contributed by atoms with E-state index in [1.54, 1.807) is 0 Å². The van der Waals surface area contributed by atoms with Crippen LogP contribution in [0.2, 0.25) is 0 Å². The van der Waals surface area contributed by atoms with Gasteiger partial charge in [-0.1, -0.05) is 18.2 Å². The molecule has 0 aromatic heterocycles. The van der Waals surface area contributed by atoms with E-state index in [1.807, 2.05) is 0 Å². The minimum atomic E-state index is 0.416. The van der Waals surface area contributed by atoms with Gasteiger partial charge in [-0.2, -0.15) is 0 Å². The molecule has 0 saturated heterocycles. The molecule has 1 aromatic carbocycles. The zero-order valence-corrected chi connectivity index (χ0v) is 9.88. The number of benzene rings is 1. The van der Waals surface area contributed by atoms with Crippen LogP contribution in [0.5, 0.6) is 0 Å². The summed E-state index contributed by atoms with van der Waals surface area (Å²) in [6.07, 6.45) is 4.90. The molecule has 1 aliphatic carbocycles. The lowest BCUT2D eigenvalue weighted by molar-refractivity contribution is 0.110. The van der Waals surface area contributed by atoms with Crippen molar-refractivity contribution in [2.75, 3.05) is 13.7 Å². The maximum atomic E-state index is 5.46. The van der Waals surface area contributed by atoms with Crippen molar-refractivity contribution in [1.82, 2.24) is 5.32 Å². The molecule has 2 heteroatoms. The van der Waals surface area contributed by atoms with Crippen molar-refractivity contribution >= 4 is 0 Å². The Labute approximate surface area is 97.0 Å². The van der Waals surface area contributed by atoms with Gasteiger partial charge in [0, 0.05) is 5.54 Å². The number of hydrogen-bond acceptors (Lipinski definition) is 2. The van der Waals surface area contributed by atoms with Crippen LogP contribution in [-0.2, 0) is 24.2 Å². The molecular weight excluding hydrogens is 198 g/mol. The second-order valence-corrected chi connectivity index (χ2v) is 5.11. The molecule has 1 saturated carbocycles. The number of hydrogen-bond donors (Lipinski definition) is 1. The maximum absolute atomic E-state index is 5.46. The summed E-state index contributed by atoms with van der Waals surface area (Å²) in [6.45, 7) is 1.68. The van der Waals surface area contributed by atoms with Gasteiger partial charge in [-0.15, -0.1) is 0 Å². The maximum Gasteiger partial charge on any atom is 0.0719 e. The predicted octanol–water partition coefficient (Wildman–Crippen LogP) is 2.05. The molecule has 16 heavy (non-hydrogen) atoms. The molecule has 0 amide bonds. The average Bonchev–Trinajstić information content (AvgIpc) is 3.09. The lowest BCUT2D eigenvalue weighted by Gasteiger charge is -2.19. The minimum Gasteiger partial charge on any atom is -0.376 e. The highest BCUT2D eigenvalue weighted by Gasteiger charge is 2.40. The van der Waals surface area contributed by atoms with Gasteiger partial charge in [0.2, 0.25) is 0 Å². The first kappa shape index (κ1) is 10.3. The lowest BCUT2D eigenvalue weighted by atomic mass is 9.96. The molecule has 2 nitrogen and oxygen atoms in total. The Morgan fingerprint density at radius 3 is 2.94 bits per heavy atom. The molecule has 2 aliphatic rings. The normalized spacial score (nSPS) is 21.6. The van der Waals surface area contributed by atoms with Crippen molar-refractivity contribution in [3.8, 4) is 0 Å². The Kier molecular flexibility index (Phi) is 2.49. The van der Waals surface area contributed by atoms with Gasteiger partial charge in [0.05, 0.1) is 13.2 Å². The van der Waals surface area contributed by atoms with Crippen molar-refractivity contribution in [2.45, 2.75) is 37.8 Å². The number of ether oxygens (including phenoxy) is 1. The molecule has 3 rings (SSSR count). The van der Waals surface area contributed by atoms with Gasteiger partial charge < -0.3 is 10.1 Å². The predicted molar refractivity (Wildman–Crippen MR) is 64.5 cm³/mol. The van der Waals surface area contributed by atoms with Gasteiger partial charge in [-0.05, 0) is 49.4 Å². The molecule has 1 fully saturated rings. The van der Waals surface area contributed by atoms with E-state index in [2.05, 4.69) is 30.6 Å². The van der Waals surface area contributed by atoms with E-state index >= 15 is 0 Å². The van der Waals surface area contributed by atoms with Crippen LogP contribution in [0.25, 0.3) is 0 Å². The largest absolute Gasteiger partial charge is 0.376 e. The first-order valence-corrected chi connectivity index (χ1v) is 6.19. The van der Waals surface area contributed by atoms with Gasteiger partial charge >= 0.3 is 0 Å². The van der Waals surface area contributed by atoms with E-state index in [0.717, 1.165) is 19.6 Å². The summed E-state index contributed by atoms with van der Waals surface area (Å²) in [5.41, 5.74) is 4.77. The molecule has 1 heterocycles. The SMILES string of the molecule is CNC1(Cc2ccc3c(c2)CCOC3)CC1. The average molecular weight is 217 g/mol. The summed E-state index contributed by atoms with van der Waals surface area (Å²) in [5, 5.41) is 3.46. The monoisotopic (exact) mass is 217 g/mol. The number of nitrogens with one attached hydrogen (secondary N) is 1. The van der Waals surface area contributed by atoms with E-state index in [9.17, 15) is 0 Å². The summed E-state index contributed by atoms with van der Waals surface area (Å²) in [7, 11) is 2.08.